The van der Waals surface area contributed by atoms with Gasteiger partial charge in [0.1, 0.15) is 0 Å². The molecule has 0 aromatic heterocycles. The number of hydrogen-bond acceptors (Lipinski definition) is 3. The van der Waals surface area contributed by atoms with Gasteiger partial charge in [0.15, 0.2) is 0 Å². The van der Waals surface area contributed by atoms with Crippen LogP contribution in [0.3, 0.4) is 0 Å². The van der Waals surface area contributed by atoms with Gasteiger partial charge >= 0.3 is 0 Å². The van der Waals surface area contributed by atoms with E-state index in [0.717, 1.165) is 19.5 Å². The SMILES string of the molecule is CC(C1CCN(C)C1)S(=O)(=O)Cl. The van der Waals surface area contributed by atoms with E-state index >= 15 is 0 Å². The maximum atomic E-state index is 11.0. The second kappa shape index (κ2) is 3.52. The molecule has 0 spiro atoms. The topological polar surface area (TPSA) is 37.4 Å². The fraction of sp³-hybridized carbons (Fsp3) is 1.00. The predicted octanol–water partition coefficient (Wildman–Crippen LogP) is 0.895. The van der Waals surface area contributed by atoms with Crippen molar-refractivity contribution >= 4 is 19.7 Å². The molecule has 1 fully saturated rings. The van der Waals surface area contributed by atoms with Crippen molar-refractivity contribution in [2.24, 2.45) is 5.92 Å². The Balaban J connectivity index is 2.61. The second-order valence-electron chi connectivity index (χ2n) is 3.49. The van der Waals surface area contributed by atoms with E-state index in [1.54, 1.807) is 6.92 Å². The van der Waals surface area contributed by atoms with E-state index in [0.29, 0.717) is 0 Å². The van der Waals surface area contributed by atoms with Crippen molar-refractivity contribution in [3.63, 3.8) is 0 Å². The summed E-state index contributed by atoms with van der Waals surface area (Å²) in [6.07, 6.45) is 0.934. The molecule has 2 unspecified atom stereocenters. The number of hydrogen-bond donors (Lipinski definition) is 0. The van der Waals surface area contributed by atoms with Crippen LogP contribution in [-0.4, -0.2) is 38.7 Å². The summed E-state index contributed by atoms with van der Waals surface area (Å²) in [6, 6.07) is 0. The zero-order valence-electron chi connectivity index (χ0n) is 7.33. The lowest BCUT2D eigenvalue weighted by atomic mass is 10.1. The van der Waals surface area contributed by atoms with Crippen LogP contribution in [0, 0.1) is 5.92 Å². The van der Waals surface area contributed by atoms with Gasteiger partial charge in [0.05, 0.1) is 5.25 Å². The Bertz CT molecular complexity index is 252. The molecule has 1 saturated heterocycles. The average Bonchev–Trinajstić information content (AvgIpc) is 2.32. The minimum atomic E-state index is -3.36. The van der Waals surface area contributed by atoms with Crippen LogP contribution in [0.2, 0.25) is 0 Å². The van der Waals surface area contributed by atoms with E-state index in [9.17, 15) is 8.42 Å². The summed E-state index contributed by atoms with van der Waals surface area (Å²) in [6.45, 7) is 3.50. The van der Waals surface area contributed by atoms with Crippen LogP contribution < -0.4 is 0 Å². The smallest absolute Gasteiger partial charge is 0.235 e. The molecule has 2 atom stereocenters. The summed E-state index contributed by atoms with van der Waals surface area (Å²) in [7, 11) is 3.89. The molecule has 0 saturated carbocycles. The first-order chi connectivity index (χ1) is 5.41. The summed E-state index contributed by atoms with van der Waals surface area (Å²) in [4.78, 5) is 2.13. The molecule has 0 radical (unpaired) electrons. The van der Waals surface area contributed by atoms with Crippen LogP contribution in [0.15, 0.2) is 0 Å². The summed E-state index contributed by atoms with van der Waals surface area (Å²) >= 11 is 0. The van der Waals surface area contributed by atoms with Gasteiger partial charge in [0, 0.05) is 17.2 Å². The third-order valence-electron chi connectivity index (χ3n) is 2.54. The predicted molar refractivity (Wildman–Crippen MR) is 49.8 cm³/mol. The van der Waals surface area contributed by atoms with E-state index in [1.165, 1.54) is 0 Å². The fourth-order valence-corrected chi connectivity index (χ4v) is 2.70. The van der Waals surface area contributed by atoms with Crippen molar-refractivity contribution < 1.29 is 8.42 Å². The Hall–Kier alpha value is 0.200. The Morgan fingerprint density at radius 1 is 1.58 bits per heavy atom. The minimum Gasteiger partial charge on any atom is -0.306 e. The lowest BCUT2D eigenvalue weighted by Crippen LogP contribution is -2.25. The van der Waals surface area contributed by atoms with Crippen LogP contribution >= 0.6 is 10.7 Å². The molecule has 1 rings (SSSR count). The molecule has 72 valence electrons. The molecule has 0 aromatic carbocycles. The molecule has 1 aliphatic rings. The largest absolute Gasteiger partial charge is 0.306 e. The first-order valence-corrected chi connectivity index (χ1v) is 6.40. The average molecular weight is 212 g/mol. The van der Waals surface area contributed by atoms with Crippen molar-refractivity contribution in [2.45, 2.75) is 18.6 Å². The summed E-state index contributed by atoms with van der Waals surface area (Å²) in [5, 5.41) is -0.413. The molecule has 0 aromatic rings. The lowest BCUT2D eigenvalue weighted by Gasteiger charge is -2.15. The first kappa shape index (κ1) is 10.3. The van der Waals surface area contributed by atoms with Gasteiger partial charge in [0.25, 0.3) is 0 Å². The van der Waals surface area contributed by atoms with E-state index in [1.807, 2.05) is 7.05 Å². The van der Waals surface area contributed by atoms with E-state index < -0.39 is 14.3 Å². The highest BCUT2D eigenvalue weighted by Gasteiger charge is 2.31. The number of halogens is 1. The Morgan fingerprint density at radius 2 is 2.17 bits per heavy atom. The Kier molecular flexibility index (Phi) is 3.01. The number of nitrogens with zero attached hydrogens (tertiary/aromatic N) is 1. The van der Waals surface area contributed by atoms with E-state index in [-0.39, 0.29) is 5.92 Å². The zero-order valence-corrected chi connectivity index (χ0v) is 8.90. The lowest BCUT2D eigenvalue weighted by molar-refractivity contribution is 0.392. The first-order valence-electron chi connectivity index (χ1n) is 4.03. The second-order valence-corrected chi connectivity index (χ2v) is 6.48. The monoisotopic (exact) mass is 211 g/mol. The number of rotatable bonds is 2. The molecule has 0 bridgehead atoms. The minimum absolute atomic E-state index is 0.206. The molecule has 1 heterocycles. The van der Waals surface area contributed by atoms with E-state index in [4.69, 9.17) is 10.7 Å². The van der Waals surface area contributed by atoms with Gasteiger partial charge in [-0.3, -0.25) is 0 Å². The Morgan fingerprint density at radius 3 is 2.50 bits per heavy atom. The van der Waals surface area contributed by atoms with Crippen LogP contribution in [-0.2, 0) is 9.05 Å². The molecular formula is C7H14ClNO2S. The maximum absolute atomic E-state index is 11.0. The van der Waals surface area contributed by atoms with Crippen molar-refractivity contribution in [1.82, 2.24) is 4.90 Å². The van der Waals surface area contributed by atoms with Crippen molar-refractivity contribution in [1.29, 1.82) is 0 Å². The molecule has 1 aliphatic heterocycles. The fourth-order valence-electron chi connectivity index (χ4n) is 1.58. The number of likely N-dealkylation sites (tertiary alicyclic amines) is 1. The van der Waals surface area contributed by atoms with Gasteiger partial charge in [0.2, 0.25) is 9.05 Å². The molecule has 12 heavy (non-hydrogen) atoms. The van der Waals surface area contributed by atoms with Crippen LogP contribution in [0.1, 0.15) is 13.3 Å². The highest BCUT2D eigenvalue weighted by molar-refractivity contribution is 8.14. The highest BCUT2D eigenvalue weighted by Crippen LogP contribution is 2.24. The standard InChI is InChI=1S/C7H14ClNO2S/c1-6(12(8,10)11)7-3-4-9(2)5-7/h6-7H,3-5H2,1-2H3. The summed E-state index contributed by atoms with van der Waals surface area (Å²) in [5.74, 6) is 0.206. The van der Waals surface area contributed by atoms with Gasteiger partial charge < -0.3 is 4.90 Å². The highest BCUT2D eigenvalue weighted by atomic mass is 35.7. The van der Waals surface area contributed by atoms with Crippen molar-refractivity contribution in [3.05, 3.63) is 0 Å². The van der Waals surface area contributed by atoms with Gasteiger partial charge in [-0.1, -0.05) is 0 Å². The van der Waals surface area contributed by atoms with Gasteiger partial charge in [-0.05, 0) is 32.9 Å². The van der Waals surface area contributed by atoms with Crippen LogP contribution in [0.25, 0.3) is 0 Å². The van der Waals surface area contributed by atoms with Crippen LogP contribution in [0.4, 0.5) is 0 Å². The maximum Gasteiger partial charge on any atom is 0.235 e. The molecule has 0 N–H and O–H groups in total. The molecule has 3 nitrogen and oxygen atoms in total. The molecular weight excluding hydrogens is 198 g/mol. The summed E-state index contributed by atoms with van der Waals surface area (Å²) < 4.78 is 21.9. The third-order valence-corrected chi connectivity index (χ3v) is 4.65. The molecule has 5 heteroatoms. The summed E-state index contributed by atoms with van der Waals surface area (Å²) in [5.41, 5.74) is 0. The van der Waals surface area contributed by atoms with Crippen molar-refractivity contribution in [2.75, 3.05) is 20.1 Å². The molecule has 0 amide bonds. The van der Waals surface area contributed by atoms with E-state index in [2.05, 4.69) is 4.90 Å². The third kappa shape index (κ3) is 2.34. The van der Waals surface area contributed by atoms with Gasteiger partial charge in [-0.15, -0.1) is 0 Å². The van der Waals surface area contributed by atoms with Gasteiger partial charge in [-0.2, -0.15) is 0 Å². The normalized spacial score (nSPS) is 29.1. The van der Waals surface area contributed by atoms with Crippen LogP contribution in [0.5, 0.6) is 0 Å². The quantitative estimate of drug-likeness (QED) is 0.637. The van der Waals surface area contributed by atoms with Crippen molar-refractivity contribution in [3.8, 4) is 0 Å². The Labute approximate surface area is 78.1 Å². The van der Waals surface area contributed by atoms with Gasteiger partial charge in [-0.25, -0.2) is 8.42 Å². The molecule has 0 aliphatic carbocycles. The zero-order chi connectivity index (χ0) is 9.35.